The molecule has 4 nitrogen and oxygen atoms in total. The predicted molar refractivity (Wildman–Crippen MR) is 73.2 cm³/mol. The van der Waals surface area contributed by atoms with Crippen molar-refractivity contribution in [3.05, 3.63) is 42.2 Å². The molecule has 0 aliphatic heterocycles. The Bertz CT molecular complexity index is 524. The van der Waals surface area contributed by atoms with Crippen molar-refractivity contribution >= 4 is 11.6 Å². The van der Waals surface area contributed by atoms with Crippen LogP contribution in [0.3, 0.4) is 0 Å². The maximum absolute atomic E-state index is 11.3. The lowest BCUT2D eigenvalue weighted by Gasteiger charge is -2.04. The van der Waals surface area contributed by atoms with Gasteiger partial charge in [-0.1, -0.05) is 44.2 Å². The smallest absolute Gasteiger partial charge is 0.181 e. The maximum atomic E-state index is 11.3. The Balaban J connectivity index is 0.000000771. The summed E-state index contributed by atoms with van der Waals surface area (Å²) in [5, 5.41) is 0. The van der Waals surface area contributed by atoms with Crippen LogP contribution in [-0.2, 0) is 0 Å². The van der Waals surface area contributed by atoms with Gasteiger partial charge < -0.3 is 5.73 Å². The number of benzene rings is 1. The van der Waals surface area contributed by atoms with Crippen molar-refractivity contribution in [2.24, 2.45) is 0 Å². The Morgan fingerprint density at radius 1 is 1.17 bits per heavy atom. The van der Waals surface area contributed by atoms with Gasteiger partial charge in [-0.3, -0.25) is 4.79 Å². The number of carbonyl (C=O) groups excluding carboxylic acids is 1. The van der Waals surface area contributed by atoms with Crippen molar-refractivity contribution in [1.29, 1.82) is 0 Å². The van der Waals surface area contributed by atoms with Crippen molar-refractivity contribution in [2.45, 2.75) is 20.8 Å². The van der Waals surface area contributed by atoms with Crippen molar-refractivity contribution in [2.75, 3.05) is 5.73 Å². The first-order chi connectivity index (χ1) is 8.68. The van der Waals surface area contributed by atoms with E-state index in [1.807, 2.05) is 44.2 Å². The molecule has 0 saturated heterocycles. The molecule has 0 atom stereocenters. The fraction of sp³-hybridized carbons (Fsp3) is 0.214. The van der Waals surface area contributed by atoms with E-state index in [1.54, 1.807) is 6.20 Å². The van der Waals surface area contributed by atoms with Crippen molar-refractivity contribution in [3.63, 3.8) is 0 Å². The largest absolute Gasteiger partial charge is 0.382 e. The molecule has 2 aromatic rings. The molecule has 2 rings (SSSR count). The number of hydrogen-bond donors (Lipinski definition) is 1. The highest BCUT2D eigenvalue weighted by atomic mass is 16.1. The number of Topliss-reactive ketones (excluding diaryl/α,β-unsaturated/α-hetero) is 1. The zero-order valence-corrected chi connectivity index (χ0v) is 10.8. The third-order valence-electron chi connectivity index (χ3n) is 2.20. The lowest BCUT2D eigenvalue weighted by Crippen LogP contribution is -2.06. The molecule has 0 fully saturated rings. The Morgan fingerprint density at radius 3 is 2.33 bits per heavy atom. The van der Waals surface area contributed by atoms with E-state index in [2.05, 4.69) is 9.97 Å². The summed E-state index contributed by atoms with van der Waals surface area (Å²) >= 11 is 0. The number of anilines is 1. The van der Waals surface area contributed by atoms with Gasteiger partial charge in [-0.15, -0.1) is 0 Å². The molecular weight excluding hydrogens is 226 g/mol. The number of nitrogens with two attached hydrogens (primary N) is 1. The number of aromatic nitrogens is 2. The summed E-state index contributed by atoms with van der Waals surface area (Å²) < 4.78 is 0. The Morgan fingerprint density at radius 2 is 1.78 bits per heavy atom. The van der Waals surface area contributed by atoms with Crippen LogP contribution in [0.1, 0.15) is 31.3 Å². The summed E-state index contributed by atoms with van der Waals surface area (Å²) in [7, 11) is 0. The summed E-state index contributed by atoms with van der Waals surface area (Å²) in [5.74, 6) is -0.00466. The molecule has 0 aliphatic rings. The van der Waals surface area contributed by atoms with Gasteiger partial charge in [0.2, 0.25) is 0 Å². The second-order valence-corrected chi connectivity index (χ2v) is 3.41. The highest BCUT2D eigenvalue weighted by Crippen LogP contribution is 2.17. The number of nitrogen functional groups attached to an aromatic ring is 1. The molecule has 2 N–H and O–H groups in total. The van der Waals surface area contributed by atoms with Crippen LogP contribution in [0.25, 0.3) is 11.3 Å². The van der Waals surface area contributed by atoms with E-state index in [1.165, 1.54) is 6.92 Å². The monoisotopic (exact) mass is 243 g/mol. The third-order valence-corrected chi connectivity index (χ3v) is 2.20. The van der Waals surface area contributed by atoms with Gasteiger partial charge in [0, 0.05) is 12.5 Å². The van der Waals surface area contributed by atoms with E-state index in [9.17, 15) is 4.79 Å². The van der Waals surface area contributed by atoms with Gasteiger partial charge in [0.15, 0.2) is 11.6 Å². The molecule has 0 bridgehead atoms. The minimum absolute atomic E-state index is 0.173. The molecule has 0 spiro atoms. The minimum atomic E-state index is -0.178. The molecule has 1 aromatic heterocycles. The highest BCUT2D eigenvalue weighted by Gasteiger charge is 2.09. The topological polar surface area (TPSA) is 68.9 Å². The molecule has 0 radical (unpaired) electrons. The van der Waals surface area contributed by atoms with E-state index in [0.29, 0.717) is 5.69 Å². The summed E-state index contributed by atoms with van der Waals surface area (Å²) in [4.78, 5) is 19.4. The van der Waals surface area contributed by atoms with Gasteiger partial charge in [0.05, 0.1) is 11.9 Å². The quantitative estimate of drug-likeness (QED) is 0.823. The number of carbonyl (C=O) groups is 1. The van der Waals surface area contributed by atoms with Crippen LogP contribution < -0.4 is 5.73 Å². The molecular formula is C14H17N3O. The van der Waals surface area contributed by atoms with Crippen LogP contribution in [0.15, 0.2) is 36.5 Å². The molecule has 0 amide bonds. The number of hydrogen-bond acceptors (Lipinski definition) is 4. The Labute approximate surface area is 107 Å². The van der Waals surface area contributed by atoms with Crippen LogP contribution in [0, 0.1) is 0 Å². The van der Waals surface area contributed by atoms with Gasteiger partial charge >= 0.3 is 0 Å². The summed E-state index contributed by atoms with van der Waals surface area (Å²) in [5.41, 5.74) is 7.36. The SMILES string of the molecule is CC.CC(=O)c1nc(-c2ccccc2)cnc1N. The first kappa shape index (κ1) is 13.8. The van der Waals surface area contributed by atoms with E-state index >= 15 is 0 Å². The Kier molecular flexibility index (Phi) is 4.99. The van der Waals surface area contributed by atoms with Crippen LogP contribution in [-0.4, -0.2) is 15.8 Å². The number of ketones is 1. The average molecular weight is 243 g/mol. The number of nitrogens with zero attached hydrogens (tertiary/aromatic N) is 2. The predicted octanol–water partition coefficient (Wildman–Crippen LogP) is 2.95. The normalized spacial score (nSPS) is 9.28. The molecule has 0 aliphatic carbocycles. The van der Waals surface area contributed by atoms with Gasteiger partial charge in [-0.25, -0.2) is 9.97 Å². The lowest BCUT2D eigenvalue weighted by molar-refractivity contribution is 0.101. The third kappa shape index (κ3) is 3.13. The zero-order chi connectivity index (χ0) is 13.5. The fourth-order valence-corrected chi connectivity index (χ4v) is 1.41. The van der Waals surface area contributed by atoms with E-state index in [4.69, 9.17) is 5.73 Å². The second kappa shape index (κ2) is 6.49. The van der Waals surface area contributed by atoms with Gasteiger partial charge in [0.25, 0.3) is 0 Å². The van der Waals surface area contributed by atoms with Crippen molar-refractivity contribution in [1.82, 2.24) is 9.97 Å². The van der Waals surface area contributed by atoms with Gasteiger partial charge in [-0.2, -0.15) is 0 Å². The van der Waals surface area contributed by atoms with Crippen LogP contribution >= 0.6 is 0 Å². The summed E-state index contributed by atoms with van der Waals surface area (Å²) in [6.45, 7) is 5.43. The maximum Gasteiger partial charge on any atom is 0.181 e. The molecule has 1 heterocycles. The lowest BCUT2D eigenvalue weighted by atomic mass is 10.1. The molecule has 0 saturated carbocycles. The van der Waals surface area contributed by atoms with Crippen LogP contribution in [0.4, 0.5) is 5.82 Å². The molecule has 18 heavy (non-hydrogen) atoms. The fourth-order valence-electron chi connectivity index (χ4n) is 1.41. The summed E-state index contributed by atoms with van der Waals surface area (Å²) in [6.07, 6.45) is 1.57. The molecule has 4 heteroatoms. The average Bonchev–Trinajstić information content (AvgIpc) is 2.42. The summed E-state index contributed by atoms with van der Waals surface area (Å²) in [6, 6.07) is 9.54. The van der Waals surface area contributed by atoms with Crippen LogP contribution in [0.2, 0.25) is 0 Å². The van der Waals surface area contributed by atoms with E-state index < -0.39 is 0 Å². The van der Waals surface area contributed by atoms with E-state index in [0.717, 1.165) is 5.56 Å². The highest BCUT2D eigenvalue weighted by molar-refractivity contribution is 5.96. The first-order valence-electron chi connectivity index (χ1n) is 5.87. The van der Waals surface area contributed by atoms with Crippen molar-refractivity contribution < 1.29 is 4.79 Å². The molecule has 1 aromatic carbocycles. The second-order valence-electron chi connectivity index (χ2n) is 3.41. The van der Waals surface area contributed by atoms with Crippen molar-refractivity contribution in [3.8, 4) is 11.3 Å². The van der Waals surface area contributed by atoms with E-state index in [-0.39, 0.29) is 17.3 Å². The first-order valence-corrected chi connectivity index (χ1v) is 5.87. The van der Waals surface area contributed by atoms with Gasteiger partial charge in [0.1, 0.15) is 5.69 Å². The minimum Gasteiger partial charge on any atom is -0.382 e. The van der Waals surface area contributed by atoms with Gasteiger partial charge in [-0.05, 0) is 0 Å². The number of rotatable bonds is 2. The molecule has 94 valence electrons. The Hall–Kier alpha value is -2.23. The molecule has 0 unspecified atom stereocenters. The zero-order valence-electron chi connectivity index (χ0n) is 10.8. The van der Waals surface area contributed by atoms with Crippen LogP contribution in [0.5, 0.6) is 0 Å². The standard InChI is InChI=1S/C12H11N3O.C2H6/c1-8(16)11-12(13)14-7-10(15-11)9-5-3-2-4-6-9;1-2/h2-7H,1H3,(H2,13,14);1-2H3.